The summed E-state index contributed by atoms with van der Waals surface area (Å²) in [5.74, 6) is 0.689. The number of hydrogen-bond donors (Lipinski definition) is 0. The summed E-state index contributed by atoms with van der Waals surface area (Å²) in [4.78, 5) is 10.7. The molecule has 1 aliphatic rings. The van der Waals surface area contributed by atoms with E-state index in [0.717, 1.165) is 44.8 Å². The molecule has 0 fully saturated rings. The Morgan fingerprint density at radius 1 is 0.294 bits per heavy atom. The molecule has 0 bridgehead atoms. The van der Waals surface area contributed by atoms with Crippen molar-refractivity contribution in [1.82, 2.24) is 9.97 Å². The van der Waals surface area contributed by atoms with Crippen LogP contribution in [0, 0.1) is 0 Å². The lowest BCUT2D eigenvalue weighted by Crippen LogP contribution is -2.28. The van der Waals surface area contributed by atoms with Gasteiger partial charge in [0.1, 0.15) is 0 Å². The van der Waals surface area contributed by atoms with Crippen LogP contribution in [0.1, 0.15) is 22.3 Å². The Kier molecular flexibility index (Phi) is 9.62. The molecule has 12 aromatic rings. The van der Waals surface area contributed by atoms with Gasteiger partial charge in [-0.25, -0.2) is 9.97 Å². The van der Waals surface area contributed by atoms with Crippen molar-refractivity contribution in [3.05, 3.63) is 277 Å². The molecule has 0 saturated carbocycles. The van der Waals surface area contributed by atoms with Crippen molar-refractivity contribution < 1.29 is 0 Å². The second kappa shape index (κ2) is 16.4. The third-order valence-corrected chi connectivity index (χ3v) is 14.9. The Labute approximate surface area is 400 Å². The van der Waals surface area contributed by atoms with Gasteiger partial charge in [-0.05, 0) is 109 Å². The molecule has 0 saturated heterocycles. The van der Waals surface area contributed by atoms with Crippen LogP contribution in [-0.2, 0) is 5.41 Å². The van der Waals surface area contributed by atoms with E-state index in [0.29, 0.717) is 5.82 Å². The lowest BCUT2D eigenvalue weighted by Gasteiger charge is -2.34. The number of aromatic nitrogens is 2. The SMILES string of the molecule is c1ccc(-c2cc(-c3cc(-c4ccc(-c5ccc6sc7ccccc7c6c5)cc4)nc(-c4ccccc4)n3)cc(-c3cccc4c3-c3ccccc3C4(c3ccccc3)c3ccccc3)c2)cc1. The first-order valence-electron chi connectivity index (χ1n) is 23.2. The molecule has 2 aromatic heterocycles. The minimum Gasteiger partial charge on any atom is -0.228 e. The lowest BCUT2D eigenvalue weighted by molar-refractivity contribution is 0.768. The zero-order valence-electron chi connectivity index (χ0n) is 37.1. The second-order valence-electron chi connectivity index (χ2n) is 17.6. The molecule has 0 N–H and O–H groups in total. The molecule has 0 aliphatic heterocycles. The van der Waals surface area contributed by atoms with E-state index in [1.165, 1.54) is 70.2 Å². The van der Waals surface area contributed by atoms with Gasteiger partial charge in [0.25, 0.3) is 0 Å². The van der Waals surface area contributed by atoms with Crippen molar-refractivity contribution in [2.45, 2.75) is 5.41 Å². The van der Waals surface area contributed by atoms with Crippen LogP contribution < -0.4 is 0 Å². The molecule has 1 aliphatic carbocycles. The number of nitrogens with zero attached hydrogens (tertiary/aromatic N) is 2. The van der Waals surface area contributed by atoms with Crippen molar-refractivity contribution in [3.63, 3.8) is 0 Å². The van der Waals surface area contributed by atoms with E-state index in [4.69, 9.17) is 9.97 Å². The summed E-state index contributed by atoms with van der Waals surface area (Å²) < 4.78 is 2.62. The van der Waals surface area contributed by atoms with Crippen LogP contribution in [0.4, 0.5) is 0 Å². The van der Waals surface area contributed by atoms with Crippen LogP contribution in [0.25, 0.3) is 98.6 Å². The highest BCUT2D eigenvalue weighted by Gasteiger charge is 2.46. The fourth-order valence-electron chi connectivity index (χ4n) is 10.7. The third kappa shape index (κ3) is 6.62. The first-order chi connectivity index (χ1) is 33.7. The first-order valence-corrected chi connectivity index (χ1v) is 24.0. The molecular formula is C65H42N2S. The summed E-state index contributed by atoms with van der Waals surface area (Å²) in [7, 11) is 0. The van der Waals surface area contributed by atoms with Gasteiger partial charge in [0, 0.05) is 36.9 Å². The van der Waals surface area contributed by atoms with E-state index < -0.39 is 5.41 Å². The third-order valence-electron chi connectivity index (χ3n) is 13.8. The molecule has 0 radical (unpaired) electrons. The molecule has 318 valence electrons. The van der Waals surface area contributed by atoms with Gasteiger partial charge in [0.2, 0.25) is 0 Å². The highest BCUT2D eigenvalue weighted by atomic mass is 32.1. The van der Waals surface area contributed by atoms with Crippen LogP contribution in [0.2, 0.25) is 0 Å². The normalized spacial score (nSPS) is 12.5. The number of fused-ring (bicyclic) bond motifs is 6. The quantitative estimate of drug-likeness (QED) is 0.152. The summed E-state index contributed by atoms with van der Waals surface area (Å²) in [6.07, 6.45) is 0. The van der Waals surface area contributed by atoms with Gasteiger partial charge in [0.15, 0.2) is 5.82 Å². The zero-order valence-corrected chi connectivity index (χ0v) is 37.9. The van der Waals surface area contributed by atoms with Gasteiger partial charge in [-0.2, -0.15) is 0 Å². The summed E-state index contributed by atoms with van der Waals surface area (Å²) >= 11 is 1.85. The molecule has 0 amide bonds. The van der Waals surface area contributed by atoms with Gasteiger partial charge in [-0.1, -0.05) is 212 Å². The number of benzene rings is 10. The molecule has 13 rings (SSSR count). The molecule has 2 heterocycles. The number of hydrogen-bond acceptors (Lipinski definition) is 3. The maximum Gasteiger partial charge on any atom is 0.160 e. The highest BCUT2D eigenvalue weighted by molar-refractivity contribution is 7.25. The van der Waals surface area contributed by atoms with Crippen LogP contribution >= 0.6 is 11.3 Å². The Hall–Kier alpha value is -8.50. The molecule has 2 nitrogen and oxygen atoms in total. The molecule has 68 heavy (non-hydrogen) atoms. The van der Waals surface area contributed by atoms with Crippen molar-refractivity contribution in [1.29, 1.82) is 0 Å². The maximum absolute atomic E-state index is 5.38. The van der Waals surface area contributed by atoms with Crippen LogP contribution in [-0.4, -0.2) is 9.97 Å². The van der Waals surface area contributed by atoms with E-state index in [-0.39, 0.29) is 0 Å². The van der Waals surface area contributed by atoms with Crippen LogP contribution in [0.15, 0.2) is 255 Å². The Morgan fingerprint density at radius 2 is 0.809 bits per heavy atom. The fourth-order valence-corrected chi connectivity index (χ4v) is 11.7. The van der Waals surface area contributed by atoms with Crippen molar-refractivity contribution in [3.8, 4) is 78.4 Å². The van der Waals surface area contributed by atoms with E-state index in [1.54, 1.807) is 0 Å². The zero-order chi connectivity index (χ0) is 45.0. The standard InChI is InChI=1S/C65H42N2S/c1-5-18-43(19-6-1)48-38-49(53-28-17-30-58-63(53)55-27-13-15-29-57(55)65(58,51-22-9-3-10-23-51)52-24-11-4-12-25-52)40-50(39-48)60-42-59(66-64(67-60)46-20-7-2-8-21-46)45-34-32-44(33-35-45)47-36-37-62-56(41-47)54-26-14-16-31-61(54)68-62/h1-42H. The summed E-state index contributed by atoms with van der Waals surface area (Å²) in [6, 6.07) is 92.5. The van der Waals surface area contributed by atoms with Gasteiger partial charge >= 0.3 is 0 Å². The second-order valence-corrected chi connectivity index (χ2v) is 18.7. The predicted octanol–water partition coefficient (Wildman–Crippen LogP) is 17.2. The summed E-state index contributed by atoms with van der Waals surface area (Å²) in [5.41, 5.74) is 18.8. The van der Waals surface area contributed by atoms with E-state index in [2.05, 4.69) is 249 Å². The Balaban J connectivity index is 0.990. The van der Waals surface area contributed by atoms with E-state index >= 15 is 0 Å². The summed E-state index contributed by atoms with van der Waals surface area (Å²) in [5, 5.41) is 2.61. The van der Waals surface area contributed by atoms with Gasteiger partial charge in [0.05, 0.1) is 16.8 Å². The maximum atomic E-state index is 5.38. The fraction of sp³-hybridized carbons (Fsp3) is 0.0154. The molecule has 0 atom stereocenters. The first kappa shape index (κ1) is 39.8. The highest BCUT2D eigenvalue weighted by Crippen LogP contribution is 2.58. The number of rotatable bonds is 8. The minimum atomic E-state index is -0.503. The number of thiophene rings is 1. The van der Waals surface area contributed by atoms with E-state index in [1.807, 2.05) is 17.4 Å². The topological polar surface area (TPSA) is 25.8 Å². The van der Waals surface area contributed by atoms with Crippen molar-refractivity contribution >= 4 is 31.5 Å². The van der Waals surface area contributed by atoms with Gasteiger partial charge in [-0.3, -0.25) is 0 Å². The molecule has 0 unspecified atom stereocenters. The molecule has 10 aromatic carbocycles. The van der Waals surface area contributed by atoms with Crippen LogP contribution in [0.3, 0.4) is 0 Å². The van der Waals surface area contributed by atoms with Crippen molar-refractivity contribution in [2.24, 2.45) is 0 Å². The monoisotopic (exact) mass is 882 g/mol. The smallest absolute Gasteiger partial charge is 0.160 e. The lowest BCUT2D eigenvalue weighted by atomic mass is 9.67. The largest absolute Gasteiger partial charge is 0.228 e. The predicted molar refractivity (Wildman–Crippen MR) is 285 cm³/mol. The average Bonchev–Trinajstić information content (AvgIpc) is 3.95. The van der Waals surface area contributed by atoms with Gasteiger partial charge in [-0.15, -0.1) is 11.3 Å². The molecule has 3 heteroatoms. The summed E-state index contributed by atoms with van der Waals surface area (Å²) in [6.45, 7) is 0. The van der Waals surface area contributed by atoms with E-state index in [9.17, 15) is 0 Å². The molecular weight excluding hydrogens is 841 g/mol. The Morgan fingerprint density at radius 3 is 1.54 bits per heavy atom. The molecule has 0 spiro atoms. The minimum absolute atomic E-state index is 0.503. The Bertz CT molecular complexity index is 3780. The van der Waals surface area contributed by atoms with Gasteiger partial charge < -0.3 is 0 Å². The van der Waals surface area contributed by atoms with Crippen molar-refractivity contribution in [2.75, 3.05) is 0 Å². The average molecular weight is 883 g/mol. The van der Waals surface area contributed by atoms with Crippen LogP contribution in [0.5, 0.6) is 0 Å².